The number of nitrogens with zero attached hydrogens (tertiary/aromatic N) is 5. The van der Waals surface area contributed by atoms with E-state index in [1.54, 1.807) is 10.6 Å². The molecule has 194 valence electrons. The smallest absolute Gasteiger partial charge is 0.451 e. The molecule has 1 spiro atoms. The van der Waals surface area contributed by atoms with E-state index in [0.29, 0.717) is 37.9 Å². The molecule has 2 atom stereocenters. The van der Waals surface area contributed by atoms with E-state index in [1.165, 1.54) is 0 Å². The van der Waals surface area contributed by atoms with Gasteiger partial charge in [0.1, 0.15) is 12.4 Å². The number of alkyl halides is 3. The van der Waals surface area contributed by atoms with Crippen LogP contribution in [0.1, 0.15) is 24.2 Å². The van der Waals surface area contributed by atoms with Gasteiger partial charge in [0.05, 0.1) is 30.6 Å². The molecule has 3 aliphatic heterocycles. The van der Waals surface area contributed by atoms with Gasteiger partial charge in [0.2, 0.25) is 11.7 Å². The second-order valence-electron chi connectivity index (χ2n) is 9.13. The molecule has 6 rings (SSSR count). The second kappa shape index (κ2) is 8.36. The molecular formula is C23H18F5N5O4. The lowest BCUT2D eigenvalue weighted by Gasteiger charge is -2.44. The Kier molecular flexibility index (Phi) is 5.33. The van der Waals surface area contributed by atoms with Crippen LogP contribution in [0.15, 0.2) is 35.4 Å². The van der Waals surface area contributed by atoms with Crippen molar-refractivity contribution in [3.8, 4) is 17.4 Å². The summed E-state index contributed by atoms with van der Waals surface area (Å²) in [5, 5.41) is 0. The Hall–Kier alpha value is -3.81. The fraction of sp³-hybridized carbons (Fsp3) is 0.391. The molecule has 2 fully saturated rings. The van der Waals surface area contributed by atoms with Crippen LogP contribution in [0.25, 0.3) is 0 Å². The summed E-state index contributed by atoms with van der Waals surface area (Å²) in [6, 6.07) is 3.53. The third kappa shape index (κ3) is 4.14. The molecule has 5 heterocycles. The van der Waals surface area contributed by atoms with Gasteiger partial charge in [0.15, 0.2) is 23.1 Å². The number of hydrogen-bond acceptors (Lipinski definition) is 8. The number of aromatic nitrogens is 4. The summed E-state index contributed by atoms with van der Waals surface area (Å²) in [7, 11) is 0. The number of anilines is 1. The lowest BCUT2D eigenvalue weighted by Crippen LogP contribution is -2.54. The highest BCUT2D eigenvalue weighted by Crippen LogP contribution is 2.46. The normalized spacial score (nSPS) is 22.1. The van der Waals surface area contributed by atoms with Gasteiger partial charge < -0.3 is 19.1 Å². The van der Waals surface area contributed by atoms with E-state index in [1.807, 2.05) is 0 Å². The van der Waals surface area contributed by atoms with Gasteiger partial charge in [-0.25, -0.2) is 23.5 Å². The van der Waals surface area contributed by atoms with Crippen molar-refractivity contribution in [2.24, 2.45) is 0 Å². The number of rotatable bonds is 5. The molecule has 2 saturated heterocycles. The third-order valence-corrected chi connectivity index (χ3v) is 6.74. The maximum Gasteiger partial charge on any atom is 0.451 e. The minimum atomic E-state index is -4.76. The molecule has 3 aromatic rings. The van der Waals surface area contributed by atoms with Crippen LogP contribution < -0.4 is 20.1 Å². The first-order valence-electron chi connectivity index (χ1n) is 11.3. The number of ether oxygens (including phenoxy) is 3. The molecule has 37 heavy (non-hydrogen) atoms. The lowest BCUT2D eigenvalue weighted by molar-refractivity contribution is -0.145. The van der Waals surface area contributed by atoms with Crippen LogP contribution in [0.4, 0.5) is 27.8 Å². The molecule has 1 aromatic carbocycles. The maximum atomic E-state index is 14.6. The Morgan fingerprint density at radius 3 is 2.54 bits per heavy atom. The van der Waals surface area contributed by atoms with E-state index >= 15 is 0 Å². The first-order valence-corrected chi connectivity index (χ1v) is 11.3. The first kappa shape index (κ1) is 23.6. The van der Waals surface area contributed by atoms with Crippen LogP contribution in [0, 0.1) is 11.6 Å². The van der Waals surface area contributed by atoms with Crippen LogP contribution >= 0.6 is 0 Å². The topological polar surface area (TPSA) is 91.6 Å². The highest BCUT2D eigenvalue weighted by molar-refractivity contribution is 5.50. The largest absolute Gasteiger partial charge is 0.473 e. The van der Waals surface area contributed by atoms with Gasteiger partial charge in [-0.2, -0.15) is 18.2 Å². The predicted molar refractivity (Wildman–Crippen MR) is 115 cm³/mol. The van der Waals surface area contributed by atoms with Gasteiger partial charge in [-0.3, -0.25) is 4.57 Å². The SMILES string of the molecule is O=c1nc(OCc2cc(F)c(Oc3cnc(C(F)(F)F)nc3)c(F)c2)cc2n1CC[C@@]13CO[C@@H](CN21)C3. The van der Waals surface area contributed by atoms with Crippen molar-refractivity contribution in [1.29, 1.82) is 0 Å². The summed E-state index contributed by atoms with van der Waals surface area (Å²) >= 11 is 0. The van der Waals surface area contributed by atoms with E-state index < -0.39 is 35.1 Å². The lowest BCUT2D eigenvalue weighted by atomic mass is 9.92. The van der Waals surface area contributed by atoms with Crippen molar-refractivity contribution in [2.75, 3.05) is 18.1 Å². The first-order chi connectivity index (χ1) is 17.6. The standard InChI is InChI=1S/C23H18F5N5O4/c24-15-3-12(4-16(25)19(15)37-14-7-29-20(30-8-14)23(26,27)28)10-35-17-5-18-32(21(34)31-17)2-1-22-6-13(36-11-22)9-33(18)22/h3-5,7-8,13H,1-2,6,9-11H2/t13-,22-/m1/s1. The van der Waals surface area contributed by atoms with Crippen molar-refractivity contribution in [3.05, 3.63) is 64.1 Å². The van der Waals surface area contributed by atoms with Gasteiger partial charge in [0.25, 0.3) is 0 Å². The van der Waals surface area contributed by atoms with Crippen molar-refractivity contribution in [2.45, 2.75) is 43.8 Å². The van der Waals surface area contributed by atoms with Gasteiger partial charge in [-0.05, 0) is 24.1 Å². The Balaban J connectivity index is 1.18. The van der Waals surface area contributed by atoms with Crippen molar-refractivity contribution in [1.82, 2.24) is 19.5 Å². The fourth-order valence-electron chi connectivity index (χ4n) is 5.05. The molecule has 0 N–H and O–H groups in total. The van der Waals surface area contributed by atoms with Crippen molar-refractivity contribution >= 4 is 5.82 Å². The number of halogens is 5. The zero-order valence-electron chi connectivity index (χ0n) is 19.0. The van der Waals surface area contributed by atoms with Gasteiger partial charge >= 0.3 is 11.9 Å². The molecule has 2 bridgehead atoms. The highest BCUT2D eigenvalue weighted by Gasteiger charge is 2.54. The minimum Gasteiger partial charge on any atom is -0.473 e. The molecule has 0 saturated carbocycles. The fourth-order valence-corrected chi connectivity index (χ4v) is 5.05. The predicted octanol–water partition coefficient (Wildman–Crippen LogP) is 3.45. The molecule has 3 aliphatic rings. The van der Waals surface area contributed by atoms with E-state index in [9.17, 15) is 26.7 Å². The summed E-state index contributed by atoms with van der Waals surface area (Å²) in [5.41, 5.74) is -0.544. The van der Waals surface area contributed by atoms with E-state index in [0.717, 1.165) is 25.0 Å². The maximum absolute atomic E-state index is 14.6. The quantitative estimate of drug-likeness (QED) is 0.470. The summed E-state index contributed by atoms with van der Waals surface area (Å²) in [6.07, 6.45) is -1.66. The van der Waals surface area contributed by atoms with Crippen molar-refractivity contribution < 1.29 is 36.2 Å². The van der Waals surface area contributed by atoms with Crippen molar-refractivity contribution in [3.63, 3.8) is 0 Å². The summed E-state index contributed by atoms with van der Waals surface area (Å²) in [6.45, 7) is 1.46. The molecule has 0 amide bonds. The second-order valence-corrected chi connectivity index (χ2v) is 9.13. The minimum absolute atomic E-state index is 0.0139. The number of hydrogen-bond donors (Lipinski definition) is 0. The Morgan fingerprint density at radius 2 is 1.86 bits per heavy atom. The highest BCUT2D eigenvalue weighted by atomic mass is 19.4. The molecule has 0 unspecified atom stereocenters. The molecule has 2 aromatic heterocycles. The van der Waals surface area contributed by atoms with Crippen LogP contribution in [-0.4, -0.2) is 44.3 Å². The third-order valence-electron chi connectivity index (χ3n) is 6.74. The van der Waals surface area contributed by atoms with E-state index in [4.69, 9.17) is 14.2 Å². The van der Waals surface area contributed by atoms with Crippen LogP contribution in [0.2, 0.25) is 0 Å². The van der Waals surface area contributed by atoms with E-state index in [-0.39, 0.29) is 35.4 Å². The Labute approximate surface area is 205 Å². The Morgan fingerprint density at radius 1 is 1.14 bits per heavy atom. The number of morpholine rings is 1. The summed E-state index contributed by atoms with van der Waals surface area (Å²) < 4.78 is 84.9. The average Bonchev–Trinajstić information content (AvgIpc) is 3.43. The van der Waals surface area contributed by atoms with E-state index in [2.05, 4.69) is 19.9 Å². The zero-order valence-corrected chi connectivity index (χ0v) is 19.0. The van der Waals surface area contributed by atoms with Gasteiger partial charge in [-0.15, -0.1) is 0 Å². The monoisotopic (exact) mass is 523 g/mol. The number of fused-ring (bicyclic) bond motifs is 3. The van der Waals surface area contributed by atoms with Crippen LogP contribution in [0.3, 0.4) is 0 Å². The molecule has 0 aliphatic carbocycles. The van der Waals surface area contributed by atoms with Crippen LogP contribution in [-0.2, 0) is 24.1 Å². The molecule has 9 nitrogen and oxygen atoms in total. The molecule has 0 radical (unpaired) electrons. The number of benzene rings is 1. The average molecular weight is 523 g/mol. The molecular weight excluding hydrogens is 505 g/mol. The Bertz CT molecular complexity index is 1410. The molecule has 14 heteroatoms. The summed E-state index contributed by atoms with van der Waals surface area (Å²) in [4.78, 5) is 24.9. The van der Waals surface area contributed by atoms with Gasteiger partial charge in [0, 0.05) is 25.6 Å². The van der Waals surface area contributed by atoms with Crippen LogP contribution in [0.5, 0.6) is 17.4 Å². The van der Waals surface area contributed by atoms with Gasteiger partial charge in [-0.1, -0.05) is 0 Å². The summed E-state index contributed by atoms with van der Waals surface area (Å²) in [5.74, 6) is -4.18. The zero-order chi connectivity index (χ0) is 25.9.